The molecule has 1 aliphatic carbocycles. The number of fused-ring (bicyclic) bond motifs is 1. The molecule has 1 unspecified atom stereocenters. The van der Waals surface area contributed by atoms with E-state index in [1.165, 1.54) is 16.4 Å². The normalized spacial score (nSPS) is 21.2. The summed E-state index contributed by atoms with van der Waals surface area (Å²) in [6, 6.07) is 4.61. The molecule has 0 spiro atoms. The monoisotopic (exact) mass is 324 g/mol. The fourth-order valence-electron chi connectivity index (χ4n) is 2.48. The lowest BCUT2D eigenvalue weighted by molar-refractivity contribution is -0.122. The largest absolute Gasteiger partial charge is 0.479 e. The highest BCUT2D eigenvalue weighted by Crippen LogP contribution is 2.34. The van der Waals surface area contributed by atoms with Crippen molar-refractivity contribution in [2.45, 2.75) is 37.7 Å². The molecule has 1 fully saturated rings. The number of ether oxygens (including phenoxy) is 1. The third-order valence-electron chi connectivity index (χ3n) is 4.03. The molecule has 1 amide bonds. The average Bonchev–Trinajstić information content (AvgIpc) is 3.29. The van der Waals surface area contributed by atoms with E-state index in [1.54, 1.807) is 13.0 Å². The Labute approximate surface area is 130 Å². The van der Waals surface area contributed by atoms with E-state index in [-0.39, 0.29) is 10.8 Å². The van der Waals surface area contributed by atoms with Crippen LogP contribution < -0.4 is 10.1 Å². The SMILES string of the molecule is CCN(CC1CC1)S(=O)(=O)c1ccc2c(c1)NC(=O)C(C)O2. The number of benzene rings is 1. The number of hydrogen-bond donors (Lipinski definition) is 1. The van der Waals surface area contributed by atoms with Gasteiger partial charge in [0.05, 0.1) is 10.6 Å². The van der Waals surface area contributed by atoms with E-state index in [4.69, 9.17) is 4.74 Å². The molecular weight excluding hydrogens is 304 g/mol. The molecule has 1 aliphatic heterocycles. The lowest BCUT2D eigenvalue weighted by Gasteiger charge is -2.25. The first-order valence-electron chi connectivity index (χ1n) is 7.53. The summed E-state index contributed by atoms with van der Waals surface area (Å²) in [6.45, 7) is 4.49. The van der Waals surface area contributed by atoms with E-state index in [2.05, 4.69) is 5.32 Å². The summed E-state index contributed by atoms with van der Waals surface area (Å²) in [5.74, 6) is 0.708. The highest BCUT2D eigenvalue weighted by molar-refractivity contribution is 7.89. The Morgan fingerprint density at radius 2 is 2.09 bits per heavy atom. The lowest BCUT2D eigenvalue weighted by Crippen LogP contribution is -2.35. The smallest absolute Gasteiger partial charge is 0.265 e. The van der Waals surface area contributed by atoms with E-state index in [0.29, 0.717) is 30.4 Å². The number of carbonyl (C=O) groups excluding carboxylic acids is 1. The zero-order valence-corrected chi connectivity index (χ0v) is 13.5. The molecule has 0 radical (unpaired) electrons. The highest BCUT2D eigenvalue weighted by atomic mass is 32.2. The lowest BCUT2D eigenvalue weighted by atomic mass is 10.2. The van der Waals surface area contributed by atoms with Crippen molar-refractivity contribution in [2.24, 2.45) is 5.92 Å². The molecule has 22 heavy (non-hydrogen) atoms. The Morgan fingerprint density at radius 1 is 1.36 bits per heavy atom. The Balaban J connectivity index is 1.90. The molecule has 7 heteroatoms. The summed E-state index contributed by atoms with van der Waals surface area (Å²) in [5, 5.41) is 2.69. The van der Waals surface area contributed by atoms with Crippen LogP contribution in [-0.4, -0.2) is 37.8 Å². The van der Waals surface area contributed by atoms with Gasteiger partial charge in [-0.15, -0.1) is 0 Å². The van der Waals surface area contributed by atoms with Gasteiger partial charge in [0, 0.05) is 13.1 Å². The molecule has 0 aromatic heterocycles. The maximum absolute atomic E-state index is 12.7. The first-order valence-corrected chi connectivity index (χ1v) is 8.97. The van der Waals surface area contributed by atoms with Crippen LogP contribution in [0.15, 0.2) is 23.1 Å². The fraction of sp³-hybridized carbons (Fsp3) is 0.533. The van der Waals surface area contributed by atoms with Gasteiger partial charge in [-0.2, -0.15) is 4.31 Å². The number of amides is 1. The maximum atomic E-state index is 12.7. The molecule has 2 aliphatic rings. The molecule has 3 rings (SSSR count). The predicted octanol–water partition coefficient (Wildman–Crippen LogP) is 1.83. The van der Waals surface area contributed by atoms with Crippen molar-refractivity contribution in [3.05, 3.63) is 18.2 Å². The molecule has 0 saturated heterocycles. The molecule has 1 aromatic carbocycles. The topological polar surface area (TPSA) is 75.7 Å². The Morgan fingerprint density at radius 3 is 2.73 bits per heavy atom. The minimum absolute atomic E-state index is 0.187. The zero-order valence-electron chi connectivity index (χ0n) is 12.7. The molecule has 1 atom stereocenters. The van der Waals surface area contributed by atoms with Crippen molar-refractivity contribution in [2.75, 3.05) is 18.4 Å². The van der Waals surface area contributed by atoms with Gasteiger partial charge in [-0.1, -0.05) is 6.92 Å². The second kappa shape index (κ2) is 5.55. The van der Waals surface area contributed by atoms with Crippen LogP contribution in [0.2, 0.25) is 0 Å². The van der Waals surface area contributed by atoms with Gasteiger partial charge >= 0.3 is 0 Å². The van der Waals surface area contributed by atoms with E-state index >= 15 is 0 Å². The van der Waals surface area contributed by atoms with Crippen LogP contribution in [0.5, 0.6) is 5.75 Å². The molecule has 120 valence electrons. The third kappa shape index (κ3) is 2.83. The van der Waals surface area contributed by atoms with Crippen LogP contribution in [0.3, 0.4) is 0 Å². The molecule has 1 heterocycles. The van der Waals surface area contributed by atoms with Crippen molar-refractivity contribution in [1.29, 1.82) is 0 Å². The Hall–Kier alpha value is -1.60. The predicted molar refractivity (Wildman–Crippen MR) is 82.3 cm³/mol. The fourth-order valence-corrected chi connectivity index (χ4v) is 4.03. The second-order valence-corrected chi connectivity index (χ2v) is 7.74. The first-order chi connectivity index (χ1) is 10.4. The van der Waals surface area contributed by atoms with Gasteiger partial charge in [-0.3, -0.25) is 4.79 Å². The summed E-state index contributed by atoms with van der Waals surface area (Å²) in [5.41, 5.74) is 0.409. The van der Waals surface area contributed by atoms with Gasteiger partial charge in [-0.25, -0.2) is 8.42 Å². The molecule has 0 bridgehead atoms. The van der Waals surface area contributed by atoms with Gasteiger partial charge in [0.25, 0.3) is 5.91 Å². The maximum Gasteiger partial charge on any atom is 0.265 e. The summed E-state index contributed by atoms with van der Waals surface area (Å²) < 4.78 is 32.4. The van der Waals surface area contributed by atoms with Crippen molar-refractivity contribution < 1.29 is 17.9 Å². The van der Waals surface area contributed by atoms with Gasteiger partial charge < -0.3 is 10.1 Å². The van der Waals surface area contributed by atoms with Crippen LogP contribution in [0.1, 0.15) is 26.7 Å². The van der Waals surface area contributed by atoms with Gasteiger partial charge in [0.15, 0.2) is 6.10 Å². The number of hydrogen-bond acceptors (Lipinski definition) is 4. The number of nitrogens with one attached hydrogen (secondary N) is 1. The minimum Gasteiger partial charge on any atom is -0.479 e. The third-order valence-corrected chi connectivity index (χ3v) is 5.97. The number of rotatable bonds is 5. The standard InChI is InChI=1S/C15H20N2O4S/c1-3-17(9-11-4-5-11)22(19,20)12-6-7-14-13(8-12)16-15(18)10(2)21-14/h6-8,10-11H,3-5,9H2,1-2H3,(H,16,18). The Bertz CT molecular complexity index is 697. The van der Waals surface area contributed by atoms with Crippen molar-refractivity contribution in [3.8, 4) is 5.75 Å². The van der Waals surface area contributed by atoms with Crippen LogP contribution >= 0.6 is 0 Å². The Kier molecular flexibility index (Phi) is 3.86. The van der Waals surface area contributed by atoms with Crippen LogP contribution in [0, 0.1) is 5.92 Å². The summed E-state index contributed by atoms with van der Waals surface area (Å²) in [6.07, 6.45) is 1.62. The van der Waals surface area contributed by atoms with E-state index in [0.717, 1.165) is 12.8 Å². The quantitative estimate of drug-likeness (QED) is 0.896. The number of nitrogens with zero attached hydrogens (tertiary/aromatic N) is 1. The number of anilines is 1. The van der Waals surface area contributed by atoms with Crippen LogP contribution in [0.4, 0.5) is 5.69 Å². The van der Waals surface area contributed by atoms with Crippen molar-refractivity contribution in [1.82, 2.24) is 4.31 Å². The highest BCUT2D eigenvalue weighted by Gasteiger charge is 2.32. The second-order valence-electron chi connectivity index (χ2n) is 5.81. The molecule has 1 aromatic rings. The van der Waals surface area contributed by atoms with E-state index < -0.39 is 16.1 Å². The molecular formula is C15H20N2O4S. The zero-order chi connectivity index (χ0) is 15.9. The molecule has 1 saturated carbocycles. The van der Waals surface area contributed by atoms with E-state index in [9.17, 15) is 13.2 Å². The number of sulfonamides is 1. The molecule has 1 N–H and O–H groups in total. The van der Waals surface area contributed by atoms with Gasteiger partial charge in [-0.05, 0) is 43.9 Å². The molecule has 6 nitrogen and oxygen atoms in total. The minimum atomic E-state index is -3.54. The number of carbonyl (C=O) groups is 1. The average molecular weight is 324 g/mol. The van der Waals surface area contributed by atoms with Crippen molar-refractivity contribution >= 4 is 21.6 Å². The van der Waals surface area contributed by atoms with Gasteiger partial charge in [0.1, 0.15) is 5.75 Å². The van der Waals surface area contributed by atoms with Crippen LogP contribution in [-0.2, 0) is 14.8 Å². The van der Waals surface area contributed by atoms with Crippen molar-refractivity contribution in [3.63, 3.8) is 0 Å². The first kappa shape index (κ1) is 15.3. The summed E-state index contributed by atoms with van der Waals surface area (Å²) in [7, 11) is -3.54. The summed E-state index contributed by atoms with van der Waals surface area (Å²) in [4.78, 5) is 11.9. The summed E-state index contributed by atoms with van der Waals surface area (Å²) >= 11 is 0. The van der Waals surface area contributed by atoms with E-state index in [1.807, 2.05) is 6.92 Å². The van der Waals surface area contributed by atoms with Gasteiger partial charge in [0.2, 0.25) is 10.0 Å². The van der Waals surface area contributed by atoms with Crippen LogP contribution in [0.25, 0.3) is 0 Å².